The summed E-state index contributed by atoms with van der Waals surface area (Å²) < 4.78 is 7.68. The van der Waals surface area contributed by atoms with E-state index in [0.717, 1.165) is 34.7 Å². The van der Waals surface area contributed by atoms with Gasteiger partial charge in [0.15, 0.2) is 5.96 Å². The Balaban J connectivity index is 1.44. The highest BCUT2D eigenvalue weighted by Gasteiger charge is 2.09. The second kappa shape index (κ2) is 8.60. The van der Waals surface area contributed by atoms with Crippen LogP contribution in [0.2, 0.25) is 0 Å². The number of fused-ring (bicyclic) bond motifs is 1. The van der Waals surface area contributed by atoms with Crippen molar-refractivity contribution in [2.24, 2.45) is 12.0 Å². The van der Waals surface area contributed by atoms with Crippen molar-refractivity contribution in [3.8, 4) is 11.5 Å². The second-order valence-corrected chi connectivity index (χ2v) is 6.63. The first kappa shape index (κ1) is 18.7. The number of aliphatic imine (C=N–C) groups is 1. The Kier molecular flexibility index (Phi) is 5.56. The van der Waals surface area contributed by atoms with Gasteiger partial charge in [-0.05, 0) is 31.2 Å². The number of imidazole rings is 1. The van der Waals surface area contributed by atoms with Crippen LogP contribution in [0.4, 0.5) is 0 Å². The Bertz CT molecular complexity index is 1110. The Morgan fingerprint density at radius 3 is 2.62 bits per heavy atom. The van der Waals surface area contributed by atoms with Crippen LogP contribution in [0.25, 0.3) is 22.5 Å². The molecule has 4 aromatic rings. The molecule has 2 N–H and O–H groups in total. The van der Waals surface area contributed by atoms with Gasteiger partial charge in [0.25, 0.3) is 0 Å². The fraction of sp³-hybridized carbons (Fsp3) is 0.227. The van der Waals surface area contributed by atoms with E-state index in [-0.39, 0.29) is 0 Å². The van der Waals surface area contributed by atoms with Crippen LogP contribution in [0.3, 0.4) is 0 Å². The smallest absolute Gasteiger partial charge is 0.226 e. The predicted molar refractivity (Wildman–Crippen MR) is 114 cm³/mol. The van der Waals surface area contributed by atoms with Crippen molar-refractivity contribution in [1.82, 2.24) is 25.2 Å². The Hall–Kier alpha value is -3.61. The number of nitrogens with one attached hydrogen (secondary N) is 2. The summed E-state index contributed by atoms with van der Waals surface area (Å²) in [6.45, 7) is 3.80. The van der Waals surface area contributed by atoms with E-state index in [4.69, 9.17) is 4.42 Å². The zero-order valence-corrected chi connectivity index (χ0v) is 16.6. The number of hydrogen-bond acceptors (Lipinski definition) is 4. The van der Waals surface area contributed by atoms with Crippen LogP contribution in [0.15, 0.2) is 70.3 Å². The maximum Gasteiger partial charge on any atom is 0.226 e. The van der Waals surface area contributed by atoms with Crippen molar-refractivity contribution in [3.63, 3.8) is 0 Å². The molecule has 0 spiro atoms. The molecule has 0 saturated heterocycles. The van der Waals surface area contributed by atoms with E-state index in [2.05, 4.69) is 36.2 Å². The topological polar surface area (TPSA) is 80.3 Å². The lowest BCUT2D eigenvalue weighted by Gasteiger charge is -2.10. The highest BCUT2D eigenvalue weighted by Crippen LogP contribution is 2.18. The summed E-state index contributed by atoms with van der Waals surface area (Å²) in [5.74, 6) is 2.27. The number of para-hydroxylation sites is 2. The van der Waals surface area contributed by atoms with Gasteiger partial charge in [0, 0.05) is 19.2 Å². The molecule has 0 fully saturated rings. The number of nitrogens with zero attached hydrogens (tertiary/aromatic N) is 4. The van der Waals surface area contributed by atoms with E-state index < -0.39 is 0 Å². The molecule has 29 heavy (non-hydrogen) atoms. The highest BCUT2D eigenvalue weighted by atomic mass is 16.3. The van der Waals surface area contributed by atoms with E-state index in [9.17, 15) is 0 Å². The Morgan fingerprint density at radius 2 is 1.83 bits per heavy atom. The van der Waals surface area contributed by atoms with Gasteiger partial charge < -0.3 is 19.6 Å². The van der Waals surface area contributed by atoms with Gasteiger partial charge >= 0.3 is 0 Å². The molecule has 2 heterocycles. The fourth-order valence-corrected chi connectivity index (χ4v) is 3.11. The summed E-state index contributed by atoms with van der Waals surface area (Å²) in [6, 6.07) is 18.0. The highest BCUT2D eigenvalue weighted by molar-refractivity contribution is 5.80. The van der Waals surface area contributed by atoms with Crippen LogP contribution in [0.5, 0.6) is 0 Å². The van der Waals surface area contributed by atoms with Crippen LogP contribution >= 0.6 is 0 Å². The van der Waals surface area contributed by atoms with Crippen LogP contribution < -0.4 is 10.6 Å². The van der Waals surface area contributed by atoms with Gasteiger partial charge in [-0.15, -0.1) is 0 Å². The van der Waals surface area contributed by atoms with Crippen molar-refractivity contribution >= 4 is 17.0 Å². The lowest BCUT2D eigenvalue weighted by Crippen LogP contribution is -2.37. The maximum atomic E-state index is 5.59. The molecule has 7 heteroatoms. The lowest BCUT2D eigenvalue weighted by molar-refractivity contribution is 0.572. The standard InChI is InChI=1S/C22H24N6O/c1-3-23-22(25-14-20-27-18-11-7-8-12-19(18)28(20)2)24-13-17-15-29-21(26-17)16-9-5-4-6-10-16/h4-12,15H,3,13-14H2,1-2H3,(H2,23,24,25). The fourth-order valence-electron chi connectivity index (χ4n) is 3.11. The van der Waals surface area contributed by atoms with E-state index in [0.29, 0.717) is 24.9 Å². The first-order chi connectivity index (χ1) is 14.2. The first-order valence-electron chi connectivity index (χ1n) is 9.67. The van der Waals surface area contributed by atoms with Crippen molar-refractivity contribution < 1.29 is 4.42 Å². The minimum absolute atomic E-state index is 0.425. The lowest BCUT2D eigenvalue weighted by atomic mass is 10.2. The maximum absolute atomic E-state index is 5.59. The number of aryl methyl sites for hydroxylation is 1. The molecule has 0 radical (unpaired) electrons. The Labute approximate surface area is 169 Å². The molecule has 0 aliphatic carbocycles. The second-order valence-electron chi connectivity index (χ2n) is 6.63. The van der Waals surface area contributed by atoms with Gasteiger partial charge in [-0.25, -0.2) is 15.0 Å². The molecule has 0 atom stereocenters. The number of hydrogen-bond donors (Lipinski definition) is 2. The number of rotatable bonds is 6. The molecule has 2 aromatic heterocycles. The number of aromatic nitrogens is 3. The third-order valence-electron chi connectivity index (χ3n) is 4.61. The predicted octanol–water partition coefficient (Wildman–Crippen LogP) is 3.48. The third-order valence-corrected chi connectivity index (χ3v) is 4.61. The van der Waals surface area contributed by atoms with Crippen LogP contribution in [0.1, 0.15) is 18.4 Å². The van der Waals surface area contributed by atoms with Crippen LogP contribution in [0, 0.1) is 0 Å². The third kappa shape index (κ3) is 4.29. The van der Waals surface area contributed by atoms with E-state index >= 15 is 0 Å². The molecule has 0 aliphatic rings. The van der Waals surface area contributed by atoms with Crippen molar-refractivity contribution in [2.75, 3.05) is 6.54 Å². The minimum atomic E-state index is 0.425. The molecule has 0 aliphatic heterocycles. The summed E-state index contributed by atoms with van der Waals surface area (Å²) in [4.78, 5) is 13.8. The molecule has 0 bridgehead atoms. The molecule has 7 nitrogen and oxygen atoms in total. The molecule has 4 rings (SSSR count). The molecular weight excluding hydrogens is 364 g/mol. The molecular formula is C22H24N6O. The van der Waals surface area contributed by atoms with E-state index in [1.54, 1.807) is 6.26 Å². The average molecular weight is 388 g/mol. The SMILES string of the molecule is CCNC(=NCc1coc(-c2ccccc2)n1)NCc1nc2ccccc2n1C. The monoisotopic (exact) mass is 388 g/mol. The van der Waals surface area contributed by atoms with Crippen LogP contribution in [-0.4, -0.2) is 27.0 Å². The minimum Gasteiger partial charge on any atom is -0.444 e. The van der Waals surface area contributed by atoms with Gasteiger partial charge in [-0.1, -0.05) is 30.3 Å². The van der Waals surface area contributed by atoms with Crippen molar-refractivity contribution in [1.29, 1.82) is 0 Å². The van der Waals surface area contributed by atoms with Crippen LogP contribution in [-0.2, 0) is 20.1 Å². The van der Waals surface area contributed by atoms with Gasteiger partial charge in [-0.2, -0.15) is 0 Å². The summed E-state index contributed by atoms with van der Waals surface area (Å²) >= 11 is 0. The van der Waals surface area contributed by atoms with E-state index in [1.165, 1.54) is 0 Å². The largest absolute Gasteiger partial charge is 0.444 e. The van der Waals surface area contributed by atoms with Gasteiger partial charge in [-0.3, -0.25) is 0 Å². The molecule has 0 amide bonds. The average Bonchev–Trinajstić information content (AvgIpc) is 3.36. The number of benzene rings is 2. The van der Waals surface area contributed by atoms with Crippen molar-refractivity contribution in [3.05, 3.63) is 72.4 Å². The van der Waals surface area contributed by atoms with Gasteiger partial charge in [0.1, 0.15) is 17.8 Å². The zero-order chi connectivity index (χ0) is 20.1. The molecule has 2 aromatic carbocycles. The van der Waals surface area contributed by atoms with Crippen molar-refractivity contribution in [2.45, 2.75) is 20.0 Å². The van der Waals surface area contributed by atoms with Gasteiger partial charge in [0.2, 0.25) is 5.89 Å². The summed E-state index contributed by atoms with van der Waals surface area (Å²) in [5, 5.41) is 6.60. The normalized spacial score (nSPS) is 11.7. The quantitative estimate of drug-likeness (QED) is 0.390. The number of guanidine groups is 1. The first-order valence-corrected chi connectivity index (χ1v) is 9.67. The molecule has 0 saturated carbocycles. The molecule has 0 unspecified atom stereocenters. The van der Waals surface area contributed by atoms with Gasteiger partial charge in [0.05, 0.1) is 24.1 Å². The molecule has 148 valence electrons. The summed E-state index contributed by atoms with van der Waals surface area (Å²) in [5.41, 5.74) is 3.84. The summed E-state index contributed by atoms with van der Waals surface area (Å²) in [7, 11) is 2.02. The van der Waals surface area contributed by atoms with E-state index in [1.807, 2.05) is 62.5 Å². The summed E-state index contributed by atoms with van der Waals surface area (Å²) in [6.07, 6.45) is 1.65. The number of oxazole rings is 1. The zero-order valence-electron chi connectivity index (χ0n) is 16.6. The Morgan fingerprint density at radius 1 is 1.03 bits per heavy atom.